The summed E-state index contributed by atoms with van der Waals surface area (Å²) in [5, 5.41) is 0. The predicted molar refractivity (Wildman–Crippen MR) is 89.1 cm³/mol. The standard InChI is InChI=1S/C16H27N3O3S/c1-3-23(20,21)18-8-4-15(5-9-18)19-13(2)12-17-16(19)14-6-10-22-11-7-14/h12,14-15H,3-11H2,1-2H3. The van der Waals surface area contributed by atoms with Crippen LogP contribution in [0.1, 0.15) is 56.1 Å². The predicted octanol–water partition coefficient (Wildman–Crippen LogP) is 2.07. The number of sulfonamides is 1. The molecule has 2 aliphatic rings. The molecule has 2 fully saturated rings. The van der Waals surface area contributed by atoms with Crippen LogP contribution in [0.15, 0.2) is 6.20 Å². The zero-order valence-corrected chi connectivity index (χ0v) is 14.9. The van der Waals surface area contributed by atoms with Crippen LogP contribution < -0.4 is 0 Å². The lowest BCUT2D eigenvalue weighted by Crippen LogP contribution is -2.40. The minimum Gasteiger partial charge on any atom is -0.381 e. The number of nitrogens with zero attached hydrogens (tertiary/aromatic N) is 3. The van der Waals surface area contributed by atoms with Gasteiger partial charge in [-0.3, -0.25) is 0 Å². The number of aryl methyl sites for hydroxylation is 1. The molecule has 3 rings (SSSR count). The Morgan fingerprint density at radius 3 is 2.48 bits per heavy atom. The zero-order valence-electron chi connectivity index (χ0n) is 14.1. The third-order valence-corrected chi connectivity index (χ3v) is 7.03. The van der Waals surface area contributed by atoms with E-state index in [1.165, 1.54) is 11.5 Å². The van der Waals surface area contributed by atoms with Gasteiger partial charge in [-0.2, -0.15) is 0 Å². The van der Waals surface area contributed by atoms with E-state index in [-0.39, 0.29) is 5.75 Å². The van der Waals surface area contributed by atoms with Crippen LogP contribution in [0.3, 0.4) is 0 Å². The molecule has 2 saturated heterocycles. The van der Waals surface area contributed by atoms with Crippen LogP contribution in [0, 0.1) is 6.92 Å². The normalized spacial score (nSPS) is 22.5. The van der Waals surface area contributed by atoms with E-state index < -0.39 is 10.0 Å². The van der Waals surface area contributed by atoms with Gasteiger partial charge in [0.15, 0.2) is 0 Å². The van der Waals surface area contributed by atoms with Crippen LogP contribution >= 0.6 is 0 Å². The van der Waals surface area contributed by atoms with Crippen molar-refractivity contribution in [3.8, 4) is 0 Å². The van der Waals surface area contributed by atoms with Gasteiger partial charge in [-0.1, -0.05) is 0 Å². The van der Waals surface area contributed by atoms with Crippen molar-refractivity contribution in [1.82, 2.24) is 13.9 Å². The fourth-order valence-electron chi connectivity index (χ4n) is 3.76. The van der Waals surface area contributed by atoms with Crippen molar-refractivity contribution in [2.24, 2.45) is 0 Å². The highest BCUT2D eigenvalue weighted by atomic mass is 32.2. The van der Waals surface area contributed by atoms with Gasteiger partial charge >= 0.3 is 0 Å². The molecule has 6 nitrogen and oxygen atoms in total. The summed E-state index contributed by atoms with van der Waals surface area (Å²) in [5.74, 6) is 1.83. The molecule has 23 heavy (non-hydrogen) atoms. The van der Waals surface area contributed by atoms with E-state index in [0.717, 1.165) is 38.9 Å². The summed E-state index contributed by atoms with van der Waals surface area (Å²) in [6.45, 7) is 6.67. The number of piperidine rings is 1. The third-order valence-electron chi connectivity index (χ3n) is 5.14. The van der Waals surface area contributed by atoms with Gasteiger partial charge in [0.05, 0.1) is 5.75 Å². The average Bonchev–Trinajstić information content (AvgIpc) is 2.97. The first kappa shape index (κ1) is 16.9. The van der Waals surface area contributed by atoms with Gasteiger partial charge in [0.25, 0.3) is 0 Å². The Hall–Kier alpha value is -0.920. The van der Waals surface area contributed by atoms with E-state index in [1.54, 1.807) is 11.2 Å². The monoisotopic (exact) mass is 341 g/mol. The number of ether oxygens (including phenoxy) is 1. The summed E-state index contributed by atoms with van der Waals surface area (Å²) < 4.78 is 33.5. The van der Waals surface area contributed by atoms with Gasteiger partial charge in [-0.05, 0) is 39.5 Å². The van der Waals surface area contributed by atoms with E-state index in [4.69, 9.17) is 4.74 Å². The SMILES string of the molecule is CCS(=O)(=O)N1CCC(n2c(C)cnc2C2CCOCC2)CC1. The zero-order chi connectivity index (χ0) is 16.4. The summed E-state index contributed by atoms with van der Waals surface area (Å²) in [7, 11) is -3.06. The molecule has 130 valence electrons. The van der Waals surface area contributed by atoms with Crippen molar-refractivity contribution in [2.75, 3.05) is 32.1 Å². The maximum atomic E-state index is 12.0. The average molecular weight is 341 g/mol. The van der Waals surface area contributed by atoms with Gasteiger partial charge in [0, 0.05) is 50.2 Å². The maximum absolute atomic E-state index is 12.0. The molecule has 3 heterocycles. The summed E-state index contributed by atoms with van der Waals surface area (Å²) in [4.78, 5) is 4.67. The fourth-order valence-corrected chi connectivity index (χ4v) is 4.89. The maximum Gasteiger partial charge on any atom is 0.213 e. The molecule has 0 spiro atoms. The Bertz CT molecular complexity index is 627. The number of hydrogen-bond donors (Lipinski definition) is 0. The Kier molecular flexibility index (Phi) is 5.08. The third kappa shape index (κ3) is 3.46. The van der Waals surface area contributed by atoms with Crippen LogP contribution in [0.5, 0.6) is 0 Å². The summed E-state index contributed by atoms with van der Waals surface area (Å²) in [6, 6.07) is 0.360. The molecule has 0 amide bonds. The first-order valence-electron chi connectivity index (χ1n) is 8.62. The van der Waals surface area contributed by atoms with Gasteiger partial charge in [0.1, 0.15) is 5.82 Å². The van der Waals surface area contributed by atoms with Gasteiger partial charge in [-0.25, -0.2) is 17.7 Å². The first-order chi connectivity index (χ1) is 11.0. The second kappa shape index (κ2) is 6.91. The molecule has 0 bridgehead atoms. The lowest BCUT2D eigenvalue weighted by atomic mass is 9.98. The quantitative estimate of drug-likeness (QED) is 0.841. The van der Waals surface area contributed by atoms with Crippen molar-refractivity contribution in [1.29, 1.82) is 0 Å². The summed E-state index contributed by atoms with van der Waals surface area (Å²) >= 11 is 0. The van der Waals surface area contributed by atoms with Crippen LogP contribution in [0.4, 0.5) is 0 Å². The molecular formula is C16H27N3O3S. The summed E-state index contributed by atoms with van der Waals surface area (Å²) in [6.07, 6.45) is 5.75. The van der Waals surface area contributed by atoms with Crippen molar-refractivity contribution in [3.63, 3.8) is 0 Å². The molecule has 0 saturated carbocycles. The van der Waals surface area contributed by atoms with E-state index >= 15 is 0 Å². The molecule has 7 heteroatoms. The Morgan fingerprint density at radius 1 is 1.22 bits per heavy atom. The second-order valence-corrected chi connectivity index (χ2v) is 8.80. The molecule has 0 unspecified atom stereocenters. The topological polar surface area (TPSA) is 64.4 Å². The molecule has 1 aromatic rings. The molecule has 0 aromatic carbocycles. The minimum atomic E-state index is -3.06. The van der Waals surface area contributed by atoms with Crippen molar-refractivity contribution >= 4 is 10.0 Å². The Morgan fingerprint density at radius 2 is 1.87 bits per heavy atom. The molecule has 2 aliphatic heterocycles. The van der Waals surface area contributed by atoms with Gasteiger partial charge in [0.2, 0.25) is 10.0 Å². The number of aromatic nitrogens is 2. The van der Waals surface area contributed by atoms with E-state index in [9.17, 15) is 8.42 Å². The highest BCUT2D eigenvalue weighted by Crippen LogP contribution is 2.33. The van der Waals surface area contributed by atoms with E-state index in [0.29, 0.717) is 25.0 Å². The molecular weight excluding hydrogens is 314 g/mol. The van der Waals surface area contributed by atoms with Crippen molar-refractivity contribution in [2.45, 2.75) is 51.5 Å². The first-order valence-corrected chi connectivity index (χ1v) is 10.2. The van der Waals surface area contributed by atoms with Gasteiger partial charge < -0.3 is 9.30 Å². The van der Waals surface area contributed by atoms with Crippen LogP contribution in [0.25, 0.3) is 0 Å². The number of hydrogen-bond acceptors (Lipinski definition) is 4. The molecule has 1 aromatic heterocycles. The largest absolute Gasteiger partial charge is 0.381 e. The summed E-state index contributed by atoms with van der Waals surface area (Å²) in [5.41, 5.74) is 1.18. The highest BCUT2D eigenvalue weighted by Gasteiger charge is 2.30. The smallest absolute Gasteiger partial charge is 0.213 e. The minimum absolute atomic E-state index is 0.190. The van der Waals surface area contributed by atoms with Crippen LogP contribution in [0.2, 0.25) is 0 Å². The molecule has 0 radical (unpaired) electrons. The Labute approximate surface area is 138 Å². The van der Waals surface area contributed by atoms with Gasteiger partial charge in [-0.15, -0.1) is 0 Å². The second-order valence-electron chi connectivity index (χ2n) is 6.55. The fraction of sp³-hybridized carbons (Fsp3) is 0.812. The van der Waals surface area contributed by atoms with E-state index in [2.05, 4.69) is 16.5 Å². The van der Waals surface area contributed by atoms with Crippen molar-refractivity contribution in [3.05, 3.63) is 17.7 Å². The Balaban J connectivity index is 1.74. The molecule has 0 aliphatic carbocycles. The number of rotatable bonds is 4. The van der Waals surface area contributed by atoms with E-state index in [1.807, 2.05) is 6.20 Å². The number of imidazole rings is 1. The van der Waals surface area contributed by atoms with Crippen molar-refractivity contribution < 1.29 is 13.2 Å². The molecule has 0 N–H and O–H groups in total. The van der Waals surface area contributed by atoms with Crippen LogP contribution in [-0.4, -0.2) is 54.3 Å². The molecule has 0 atom stereocenters. The highest BCUT2D eigenvalue weighted by molar-refractivity contribution is 7.89. The lowest BCUT2D eigenvalue weighted by molar-refractivity contribution is 0.0820. The van der Waals surface area contributed by atoms with Crippen LogP contribution in [-0.2, 0) is 14.8 Å². The lowest BCUT2D eigenvalue weighted by Gasteiger charge is -2.34.